The zero-order chi connectivity index (χ0) is 19.8. The summed E-state index contributed by atoms with van der Waals surface area (Å²) in [6.45, 7) is 17.5. The fourth-order valence-corrected chi connectivity index (χ4v) is 3.11. The summed E-state index contributed by atoms with van der Waals surface area (Å²) in [6, 6.07) is 17.2. The van der Waals surface area contributed by atoms with Gasteiger partial charge >= 0.3 is 0 Å². The molecule has 3 rings (SSSR count). The summed E-state index contributed by atoms with van der Waals surface area (Å²) in [5, 5.41) is 0. The highest BCUT2D eigenvalue weighted by Crippen LogP contribution is 2.33. The third-order valence-corrected chi connectivity index (χ3v) is 4.92. The van der Waals surface area contributed by atoms with Crippen molar-refractivity contribution in [2.45, 2.75) is 52.4 Å². The molecular weight excluding hydrogens is 328 g/mol. The summed E-state index contributed by atoms with van der Waals surface area (Å²) in [6.07, 6.45) is 4.00. The Morgan fingerprint density at radius 3 is 1.22 bits per heavy atom. The molecule has 0 bridgehead atoms. The van der Waals surface area contributed by atoms with E-state index in [2.05, 4.69) is 96.7 Å². The predicted octanol–water partition coefficient (Wildman–Crippen LogP) is 7.25. The molecule has 0 saturated carbocycles. The molecule has 0 unspecified atom stereocenters. The molecule has 0 amide bonds. The van der Waals surface area contributed by atoms with E-state index in [-0.39, 0.29) is 10.8 Å². The van der Waals surface area contributed by atoms with Gasteiger partial charge in [-0.1, -0.05) is 96.7 Å². The third kappa shape index (κ3) is 4.42. The molecule has 1 heterocycles. The summed E-state index contributed by atoms with van der Waals surface area (Å²) in [5.74, 6) is 1.69. The number of ether oxygens (including phenoxy) is 1. The number of hydrogen-bond acceptors (Lipinski definition) is 1. The van der Waals surface area contributed by atoms with Gasteiger partial charge in [-0.3, -0.25) is 0 Å². The zero-order valence-electron chi connectivity index (χ0n) is 17.4. The maximum atomic E-state index is 6.24. The van der Waals surface area contributed by atoms with Crippen molar-refractivity contribution < 1.29 is 4.74 Å². The van der Waals surface area contributed by atoms with Gasteiger partial charge < -0.3 is 4.74 Å². The van der Waals surface area contributed by atoms with Gasteiger partial charge in [0.1, 0.15) is 11.5 Å². The molecule has 0 aliphatic carbocycles. The molecule has 0 N–H and O–H groups in total. The van der Waals surface area contributed by atoms with Crippen molar-refractivity contribution in [1.82, 2.24) is 0 Å². The van der Waals surface area contributed by atoms with E-state index in [1.807, 2.05) is 12.2 Å². The highest BCUT2D eigenvalue weighted by Gasteiger charge is 2.18. The van der Waals surface area contributed by atoms with Crippen LogP contribution in [-0.4, -0.2) is 0 Å². The molecule has 27 heavy (non-hydrogen) atoms. The first-order valence-electron chi connectivity index (χ1n) is 9.56. The Labute approximate surface area is 164 Å². The highest BCUT2D eigenvalue weighted by molar-refractivity contribution is 5.77. The van der Waals surface area contributed by atoms with E-state index in [0.29, 0.717) is 0 Å². The first-order valence-corrected chi connectivity index (χ1v) is 9.56. The first kappa shape index (κ1) is 19.2. The van der Waals surface area contributed by atoms with Crippen molar-refractivity contribution in [3.8, 4) is 0 Å². The van der Waals surface area contributed by atoms with Crippen LogP contribution in [0.1, 0.15) is 63.8 Å². The Morgan fingerprint density at radius 1 is 0.593 bits per heavy atom. The second-order valence-corrected chi connectivity index (χ2v) is 9.35. The van der Waals surface area contributed by atoms with Gasteiger partial charge in [-0.2, -0.15) is 0 Å². The van der Waals surface area contributed by atoms with E-state index < -0.39 is 0 Å². The summed E-state index contributed by atoms with van der Waals surface area (Å²) in [4.78, 5) is 0. The van der Waals surface area contributed by atoms with E-state index in [0.717, 1.165) is 28.2 Å². The minimum atomic E-state index is 0.143. The maximum absolute atomic E-state index is 6.24. The van der Waals surface area contributed by atoms with Crippen molar-refractivity contribution in [2.75, 3.05) is 0 Å². The zero-order valence-corrected chi connectivity index (χ0v) is 17.4. The highest BCUT2D eigenvalue weighted by atomic mass is 16.5. The second kappa shape index (κ2) is 6.88. The van der Waals surface area contributed by atoms with Crippen LogP contribution in [0.4, 0.5) is 0 Å². The second-order valence-electron chi connectivity index (χ2n) is 9.35. The van der Waals surface area contributed by atoms with Crippen LogP contribution in [0.25, 0.3) is 11.5 Å². The molecule has 0 fully saturated rings. The number of benzene rings is 2. The van der Waals surface area contributed by atoms with Gasteiger partial charge in [-0.15, -0.1) is 0 Å². The molecule has 0 atom stereocenters. The van der Waals surface area contributed by atoms with Crippen LogP contribution >= 0.6 is 0 Å². The quantitative estimate of drug-likeness (QED) is 0.549. The van der Waals surface area contributed by atoms with Crippen LogP contribution in [0, 0.1) is 0 Å². The summed E-state index contributed by atoms with van der Waals surface area (Å²) >= 11 is 0. The average Bonchev–Trinajstić information content (AvgIpc) is 2.60. The van der Waals surface area contributed by atoms with E-state index in [9.17, 15) is 0 Å². The lowest BCUT2D eigenvalue weighted by molar-refractivity contribution is 0.466. The van der Waals surface area contributed by atoms with Crippen molar-refractivity contribution in [3.63, 3.8) is 0 Å². The molecule has 0 aromatic heterocycles. The Morgan fingerprint density at radius 2 is 0.926 bits per heavy atom. The maximum Gasteiger partial charge on any atom is 0.135 e. The van der Waals surface area contributed by atoms with Gasteiger partial charge in [-0.05, 0) is 39.7 Å². The third-order valence-electron chi connectivity index (χ3n) is 4.92. The lowest BCUT2D eigenvalue weighted by Crippen LogP contribution is -2.11. The molecule has 140 valence electrons. The van der Waals surface area contributed by atoms with Crippen LogP contribution in [0.2, 0.25) is 0 Å². The van der Waals surface area contributed by atoms with E-state index in [1.54, 1.807) is 0 Å². The lowest BCUT2D eigenvalue weighted by atomic mass is 9.86. The summed E-state index contributed by atoms with van der Waals surface area (Å²) in [5.41, 5.74) is 6.01. The van der Waals surface area contributed by atoms with Crippen LogP contribution in [0.5, 0.6) is 0 Å². The molecular formula is C26H30O. The van der Waals surface area contributed by atoms with Crippen LogP contribution < -0.4 is 0 Å². The van der Waals surface area contributed by atoms with Crippen molar-refractivity contribution in [2.24, 2.45) is 0 Å². The van der Waals surface area contributed by atoms with Crippen LogP contribution in [-0.2, 0) is 15.6 Å². The van der Waals surface area contributed by atoms with E-state index in [1.165, 1.54) is 11.1 Å². The van der Waals surface area contributed by atoms with Gasteiger partial charge in [0.2, 0.25) is 0 Å². The standard InChI is InChI=1S/C26H30O/c1-18-16-23(19-8-12-21(13-9-19)25(2,3)4)27-24(17-18)20-10-14-22(15-11-20)26(5,6)7/h8-17H,1H2,2-7H3. The topological polar surface area (TPSA) is 9.23 Å². The van der Waals surface area contributed by atoms with Crippen molar-refractivity contribution in [1.29, 1.82) is 0 Å². The summed E-state index contributed by atoms with van der Waals surface area (Å²) < 4.78 is 6.24. The smallest absolute Gasteiger partial charge is 0.135 e. The van der Waals surface area contributed by atoms with Gasteiger partial charge in [0.15, 0.2) is 0 Å². The van der Waals surface area contributed by atoms with Crippen LogP contribution in [0.3, 0.4) is 0 Å². The Balaban J connectivity index is 1.85. The monoisotopic (exact) mass is 358 g/mol. The average molecular weight is 359 g/mol. The molecule has 1 aliphatic rings. The minimum absolute atomic E-state index is 0.143. The largest absolute Gasteiger partial charge is 0.456 e. The fourth-order valence-electron chi connectivity index (χ4n) is 3.11. The lowest BCUT2D eigenvalue weighted by Gasteiger charge is -2.22. The van der Waals surface area contributed by atoms with Gasteiger partial charge in [0, 0.05) is 11.1 Å². The van der Waals surface area contributed by atoms with Gasteiger partial charge in [-0.25, -0.2) is 0 Å². The Hall–Kier alpha value is -2.54. The van der Waals surface area contributed by atoms with Crippen LogP contribution in [0.15, 0.2) is 72.8 Å². The van der Waals surface area contributed by atoms with Crippen molar-refractivity contribution >= 4 is 11.5 Å². The minimum Gasteiger partial charge on any atom is -0.456 e. The molecule has 2 aromatic carbocycles. The molecule has 1 heteroatoms. The Kier molecular flexibility index (Phi) is 4.90. The SMILES string of the molecule is C=C1C=C(c2ccc(C(C)(C)C)cc2)OC(c2ccc(C(C)(C)C)cc2)=C1. The molecule has 0 saturated heterocycles. The molecule has 0 spiro atoms. The number of allylic oxidation sites excluding steroid dienone is 3. The molecule has 2 aromatic rings. The first-order chi connectivity index (χ1) is 12.5. The van der Waals surface area contributed by atoms with E-state index in [4.69, 9.17) is 4.74 Å². The fraction of sp³-hybridized carbons (Fsp3) is 0.308. The molecule has 0 radical (unpaired) electrons. The number of rotatable bonds is 2. The van der Waals surface area contributed by atoms with Gasteiger partial charge in [0.05, 0.1) is 0 Å². The predicted molar refractivity (Wildman–Crippen MR) is 116 cm³/mol. The van der Waals surface area contributed by atoms with Gasteiger partial charge in [0.25, 0.3) is 0 Å². The summed E-state index contributed by atoms with van der Waals surface area (Å²) in [7, 11) is 0. The molecule has 1 nitrogen and oxygen atoms in total. The molecule has 1 aliphatic heterocycles. The van der Waals surface area contributed by atoms with E-state index >= 15 is 0 Å². The van der Waals surface area contributed by atoms with Crippen molar-refractivity contribution in [3.05, 3.63) is 95.1 Å². The Bertz CT molecular complexity index is 817. The normalized spacial score (nSPS) is 15.1. The number of hydrogen-bond donors (Lipinski definition) is 0.